The van der Waals surface area contributed by atoms with Gasteiger partial charge in [0.05, 0.1) is 13.7 Å². The third-order valence-corrected chi connectivity index (χ3v) is 3.68. The molecule has 3 amide bonds. The molecule has 2 aromatic rings. The minimum atomic E-state index is -0.559. The molecule has 10 heteroatoms. The van der Waals surface area contributed by atoms with E-state index in [2.05, 4.69) is 36.6 Å². The Kier molecular flexibility index (Phi) is 7.12. The van der Waals surface area contributed by atoms with Crippen molar-refractivity contribution in [2.45, 2.75) is 0 Å². The maximum absolute atomic E-state index is 11.9. The molecule has 0 unspecified atom stereocenters. The molecule has 1 aromatic heterocycles. The Hall–Kier alpha value is -3.14. The van der Waals surface area contributed by atoms with Crippen molar-refractivity contribution in [3.05, 3.63) is 52.4 Å². The third-order valence-electron chi connectivity index (χ3n) is 3.26. The molecule has 27 heavy (non-hydrogen) atoms. The van der Waals surface area contributed by atoms with Crippen molar-refractivity contribution >= 4 is 45.3 Å². The van der Waals surface area contributed by atoms with Crippen molar-refractivity contribution < 1.29 is 28.3 Å². The fraction of sp³-hybridized carbons (Fsp3) is 0.176. The van der Waals surface area contributed by atoms with E-state index in [9.17, 15) is 19.2 Å². The van der Waals surface area contributed by atoms with Crippen LogP contribution < -0.4 is 16.0 Å². The first-order valence-corrected chi connectivity index (χ1v) is 8.47. The van der Waals surface area contributed by atoms with Crippen LogP contribution in [0.1, 0.15) is 20.9 Å². The number of rotatable bonds is 7. The molecule has 0 bridgehead atoms. The molecule has 1 heterocycles. The Labute approximate surface area is 162 Å². The van der Waals surface area contributed by atoms with E-state index < -0.39 is 23.7 Å². The van der Waals surface area contributed by atoms with Gasteiger partial charge in [-0.25, -0.2) is 0 Å². The molecule has 0 radical (unpaired) electrons. The third kappa shape index (κ3) is 6.26. The number of carbonyl (C=O) groups excluding carboxylic acids is 4. The van der Waals surface area contributed by atoms with Crippen molar-refractivity contribution in [2.75, 3.05) is 25.5 Å². The van der Waals surface area contributed by atoms with Crippen molar-refractivity contribution in [1.29, 1.82) is 0 Å². The van der Waals surface area contributed by atoms with E-state index in [0.717, 1.165) is 0 Å². The van der Waals surface area contributed by atoms with E-state index in [-0.39, 0.29) is 18.8 Å². The van der Waals surface area contributed by atoms with E-state index >= 15 is 0 Å². The van der Waals surface area contributed by atoms with Crippen LogP contribution in [0, 0.1) is 0 Å². The fourth-order valence-corrected chi connectivity index (χ4v) is 2.23. The summed E-state index contributed by atoms with van der Waals surface area (Å²) in [6.45, 7) is -0.488. The van der Waals surface area contributed by atoms with E-state index in [4.69, 9.17) is 4.42 Å². The van der Waals surface area contributed by atoms with Crippen molar-refractivity contribution in [2.24, 2.45) is 0 Å². The highest BCUT2D eigenvalue weighted by atomic mass is 79.9. The number of anilines is 1. The SMILES string of the molecule is COC(=O)CNC(=O)c1ccc(NC(=O)CNC(=O)c2ccc(Br)o2)cc1. The Morgan fingerprint density at radius 1 is 0.963 bits per heavy atom. The number of halogens is 1. The van der Waals surface area contributed by atoms with Gasteiger partial charge in [0.1, 0.15) is 6.54 Å². The van der Waals surface area contributed by atoms with Crippen LogP contribution in [0.4, 0.5) is 5.69 Å². The molecule has 0 spiro atoms. The van der Waals surface area contributed by atoms with E-state index in [1.165, 1.54) is 37.4 Å². The van der Waals surface area contributed by atoms with Crippen LogP contribution in [0.3, 0.4) is 0 Å². The molecule has 0 fully saturated rings. The Balaban J connectivity index is 1.81. The van der Waals surface area contributed by atoms with Gasteiger partial charge in [-0.3, -0.25) is 19.2 Å². The predicted octanol–water partition coefficient (Wildman–Crippen LogP) is 1.31. The molecule has 0 aliphatic heterocycles. The molecule has 142 valence electrons. The van der Waals surface area contributed by atoms with Gasteiger partial charge in [0, 0.05) is 11.3 Å². The number of esters is 1. The number of hydrogen-bond donors (Lipinski definition) is 3. The first kappa shape index (κ1) is 20.2. The smallest absolute Gasteiger partial charge is 0.325 e. The minimum absolute atomic E-state index is 0.0806. The summed E-state index contributed by atoms with van der Waals surface area (Å²) in [5.41, 5.74) is 0.758. The molecule has 0 saturated heterocycles. The summed E-state index contributed by atoms with van der Waals surface area (Å²) in [5, 5.41) is 7.40. The van der Waals surface area contributed by atoms with Gasteiger partial charge in [-0.2, -0.15) is 0 Å². The molecule has 0 saturated carbocycles. The standard InChI is InChI=1S/C17H16BrN3O6/c1-26-15(23)9-20-16(24)10-2-4-11(5-3-10)21-14(22)8-19-17(25)12-6-7-13(18)27-12/h2-7H,8-9H2,1H3,(H,19,25)(H,20,24)(H,21,22). The highest BCUT2D eigenvalue weighted by Gasteiger charge is 2.12. The first-order chi connectivity index (χ1) is 12.9. The lowest BCUT2D eigenvalue weighted by molar-refractivity contribution is -0.139. The van der Waals surface area contributed by atoms with Gasteiger partial charge in [-0.05, 0) is 52.3 Å². The van der Waals surface area contributed by atoms with Crippen molar-refractivity contribution in [3.63, 3.8) is 0 Å². The van der Waals surface area contributed by atoms with Crippen LogP contribution in [0.15, 0.2) is 45.5 Å². The fourth-order valence-electron chi connectivity index (χ4n) is 1.92. The molecule has 1 aromatic carbocycles. The molecule has 2 rings (SSSR count). The first-order valence-electron chi connectivity index (χ1n) is 7.67. The molecule has 0 aliphatic rings. The van der Waals surface area contributed by atoms with Gasteiger partial charge in [-0.15, -0.1) is 0 Å². The van der Waals surface area contributed by atoms with Gasteiger partial charge < -0.3 is 25.1 Å². The van der Waals surface area contributed by atoms with E-state index in [0.29, 0.717) is 15.9 Å². The monoisotopic (exact) mass is 437 g/mol. The van der Waals surface area contributed by atoms with Crippen molar-refractivity contribution in [3.8, 4) is 0 Å². The Morgan fingerprint density at radius 3 is 2.22 bits per heavy atom. The van der Waals surface area contributed by atoms with Crippen LogP contribution in [-0.2, 0) is 14.3 Å². The lowest BCUT2D eigenvalue weighted by atomic mass is 10.2. The summed E-state index contributed by atoms with van der Waals surface area (Å²) in [6.07, 6.45) is 0. The van der Waals surface area contributed by atoms with Crippen molar-refractivity contribution in [1.82, 2.24) is 10.6 Å². The van der Waals surface area contributed by atoms with Crippen LogP contribution in [0.5, 0.6) is 0 Å². The maximum atomic E-state index is 11.9. The summed E-state index contributed by atoms with van der Waals surface area (Å²) in [7, 11) is 1.22. The molecular weight excluding hydrogens is 422 g/mol. The highest BCUT2D eigenvalue weighted by Crippen LogP contribution is 2.13. The topological polar surface area (TPSA) is 127 Å². The average Bonchev–Trinajstić information content (AvgIpc) is 3.11. The van der Waals surface area contributed by atoms with Gasteiger partial charge in [0.15, 0.2) is 10.4 Å². The van der Waals surface area contributed by atoms with Crippen LogP contribution >= 0.6 is 15.9 Å². The van der Waals surface area contributed by atoms with Crippen LogP contribution in [0.2, 0.25) is 0 Å². The van der Waals surface area contributed by atoms with E-state index in [1.54, 1.807) is 6.07 Å². The molecule has 3 N–H and O–H groups in total. The highest BCUT2D eigenvalue weighted by molar-refractivity contribution is 9.10. The normalized spacial score (nSPS) is 10.0. The Morgan fingerprint density at radius 2 is 1.63 bits per heavy atom. The van der Waals surface area contributed by atoms with Gasteiger partial charge >= 0.3 is 5.97 Å². The maximum Gasteiger partial charge on any atom is 0.325 e. The van der Waals surface area contributed by atoms with Crippen LogP contribution in [0.25, 0.3) is 0 Å². The summed E-state index contributed by atoms with van der Waals surface area (Å²) < 4.78 is 9.92. The average molecular weight is 438 g/mol. The van der Waals surface area contributed by atoms with Gasteiger partial charge in [0.2, 0.25) is 5.91 Å². The second-order valence-electron chi connectivity index (χ2n) is 5.17. The zero-order valence-corrected chi connectivity index (χ0v) is 15.8. The molecule has 0 atom stereocenters. The van der Waals surface area contributed by atoms with E-state index in [1.807, 2.05) is 0 Å². The molecule has 0 aliphatic carbocycles. The largest absolute Gasteiger partial charge is 0.468 e. The number of hydrogen-bond acceptors (Lipinski definition) is 6. The zero-order chi connectivity index (χ0) is 19.8. The number of methoxy groups -OCH3 is 1. The summed E-state index contributed by atoms with van der Waals surface area (Å²) in [6, 6.07) is 9.06. The summed E-state index contributed by atoms with van der Waals surface area (Å²) in [4.78, 5) is 46.5. The number of benzene rings is 1. The van der Waals surface area contributed by atoms with Crippen LogP contribution in [-0.4, -0.2) is 43.9 Å². The lowest BCUT2D eigenvalue weighted by Gasteiger charge is -2.08. The molecular formula is C17H16BrN3O6. The minimum Gasteiger partial charge on any atom is -0.468 e. The van der Waals surface area contributed by atoms with Gasteiger partial charge in [0.25, 0.3) is 11.8 Å². The lowest BCUT2D eigenvalue weighted by Crippen LogP contribution is -2.32. The second kappa shape index (κ2) is 9.53. The number of ether oxygens (including phenoxy) is 1. The summed E-state index contributed by atoms with van der Waals surface area (Å²) in [5.74, 6) is -1.89. The predicted molar refractivity (Wildman–Crippen MR) is 98.2 cm³/mol. The number of carbonyl (C=O) groups is 4. The second-order valence-corrected chi connectivity index (χ2v) is 5.95. The summed E-state index contributed by atoms with van der Waals surface area (Å²) >= 11 is 3.08. The molecule has 9 nitrogen and oxygen atoms in total. The number of nitrogens with one attached hydrogen (secondary N) is 3. The number of furan rings is 1. The van der Waals surface area contributed by atoms with Gasteiger partial charge in [-0.1, -0.05) is 0 Å². The quantitative estimate of drug-likeness (QED) is 0.560. The zero-order valence-electron chi connectivity index (χ0n) is 14.2. The Bertz CT molecular complexity index is 847. The number of amides is 3.